The fraction of sp³-hybridized carbons (Fsp3) is 1.00. The molecule has 74 valence electrons. The second-order valence-corrected chi connectivity index (χ2v) is 9.80. The van der Waals surface area contributed by atoms with Gasteiger partial charge in [0.2, 0.25) is 0 Å². The Bertz CT molecular complexity index is 307. The summed E-state index contributed by atoms with van der Waals surface area (Å²) < 4.78 is 57.5. The lowest BCUT2D eigenvalue weighted by Gasteiger charge is -2.05. The minimum Gasteiger partial charge on any atom is -0.195 e. The highest BCUT2D eigenvalue weighted by atomic mass is 35.9. The maximum atomic E-state index is 11.6. The van der Waals surface area contributed by atoms with Crippen molar-refractivity contribution in [3.63, 3.8) is 0 Å². The zero-order valence-electron chi connectivity index (χ0n) is 5.51. The van der Waals surface area contributed by atoms with Crippen LogP contribution < -0.4 is 0 Å². The van der Waals surface area contributed by atoms with Crippen molar-refractivity contribution in [1.82, 2.24) is 0 Å². The Morgan fingerprint density at radius 1 is 1.33 bits per heavy atom. The van der Waals surface area contributed by atoms with Crippen molar-refractivity contribution in [2.75, 3.05) is 6.66 Å². The van der Waals surface area contributed by atoms with E-state index in [1.807, 2.05) is 0 Å². The van der Waals surface area contributed by atoms with Crippen LogP contribution in [-0.2, 0) is 10.0 Å². The molecule has 0 saturated carbocycles. The number of sulfonamides is 1. The lowest BCUT2D eigenvalue weighted by Crippen LogP contribution is -2.20. The number of hydrogen-bond donors (Lipinski definition) is 0. The Labute approximate surface area is 76.5 Å². The minimum absolute atomic E-state index is 0.916. The van der Waals surface area contributed by atoms with Gasteiger partial charge in [-0.1, -0.05) is 22.5 Å². The van der Waals surface area contributed by atoms with E-state index in [1.165, 1.54) is 0 Å². The zero-order chi connectivity index (χ0) is 10.2. The Kier molecular flexibility index (Phi) is 3.52. The number of hydrogen-bond acceptors (Lipinski definition) is 2. The van der Waals surface area contributed by atoms with Crippen LogP contribution in [0.25, 0.3) is 0 Å². The largest absolute Gasteiger partial charge is 0.518 e. The van der Waals surface area contributed by atoms with Gasteiger partial charge < -0.3 is 0 Å². The molecule has 0 aliphatic carbocycles. The lowest BCUT2D eigenvalue weighted by atomic mass is 11.6. The molecule has 0 spiro atoms. The summed E-state index contributed by atoms with van der Waals surface area (Å²) in [4.78, 5) is 0. The first-order valence-electron chi connectivity index (χ1n) is 2.27. The van der Waals surface area contributed by atoms with Gasteiger partial charge in [0.25, 0.3) is 0 Å². The van der Waals surface area contributed by atoms with E-state index in [2.05, 4.69) is 4.15 Å². The van der Waals surface area contributed by atoms with Gasteiger partial charge >= 0.3 is 15.5 Å². The fourth-order valence-electron chi connectivity index (χ4n) is 0.235. The average molecular weight is 264 g/mol. The van der Waals surface area contributed by atoms with Crippen molar-refractivity contribution in [3.8, 4) is 0 Å². The summed E-state index contributed by atoms with van der Waals surface area (Å²) in [5.74, 6) is -3.37. The lowest BCUT2D eigenvalue weighted by molar-refractivity contribution is -0.0434. The smallest absolute Gasteiger partial charge is 0.195 e. The number of rotatable bonds is 1. The molecular weight excluding hydrogens is 261 g/mol. The van der Waals surface area contributed by atoms with E-state index >= 15 is 0 Å². The van der Waals surface area contributed by atoms with Gasteiger partial charge in [0, 0.05) is 0 Å². The van der Waals surface area contributed by atoms with Crippen LogP contribution in [0.1, 0.15) is 0 Å². The van der Waals surface area contributed by atoms with Crippen molar-refractivity contribution < 1.29 is 21.6 Å². The third-order valence-corrected chi connectivity index (χ3v) is 4.25. The minimum atomic E-state index is -5.54. The van der Waals surface area contributed by atoms with Crippen molar-refractivity contribution in [3.05, 3.63) is 0 Å². The van der Waals surface area contributed by atoms with Crippen molar-refractivity contribution in [2.24, 2.45) is 4.15 Å². The average Bonchev–Trinajstić information content (AvgIpc) is 1.52. The highest BCUT2D eigenvalue weighted by Gasteiger charge is 2.46. The molecule has 12 heavy (non-hydrogen) atoms. The first kappa shape index (κ1) is 12.6. The van der Waals surface area contributed by atoms with Crippen LogP contribution in [-0.4, -0.2) is 20.6 Å². The topological polar surface area (TPSA) is 46.5 Å². The molecule has 0 fully saturated rings. The third-order valence-electron chi connectivity index (χ3n) is 0.543. The summed E-state index contributed by atoms with van der Waals surface area (Å²) in [6, 6.07) is 0. The highest BCUT2D eigenvalue weighted by molar-refractivity contribution is 8.13. The van der Waals surface area contributed by atoms with Gasteiger partial charge in [0.15, 0.2) is 5.76 Å². The van der Waals surface area contributed by atoms with E-state index in [4.69, 9.17) is 22.5 Å². The molecule has 0 aromatic heterocycles. The molecule has 0 aromatic carbocycles. The van der Waals surface area contributed by atoms with Crippen LogP contribution >= 0.6 is 28.2 Å². The van der Waals surface area contributed by atoms with Crippen LogP contribution in [0.4, 0.5) is 13.2 Å². The van der Waals surface area contributed by atoms with Gasteiger partial charge in [-0.3, -0.25) is 0 Å². The summed E-state index contributed by atoms with van der Waals surface area (Å²) in [5, 5.41) is 0. The molecule has 0 saturated heterocycles. The highest BCUT2D eigenvalue weighted by Crippen LogP contribution is 2.58. The molecule has 10 heteroatoms. The zero-order valence-corrected chi connectivity index (χ0v) is 8.73. The fourth-order valence-corrected chi connectivity index (χ4v) is 3.58. The standard InChI is InChI=1S/C2H3Cl2F3NO2PS/c1-11(3,4)8-12(9,10)2(5,6)7/h1H3. The predicted octanol–water partition coefficient (Wildman–Crippen LogP) is 2.97. The van der Waals surface area contributed by atoms with Crippen LogP contribution in [0.3, 0.4) is 0 Å². The number of alkyl halides is 3. The molecule has 0 aliphatic rings. The van der Waals surface area contributed by atoms with Crippen LogP contribution in [0.15, 0.2) is 4.15 Å². The molecule has 0 aliphatic heterocycles. The van der Waals surface area contributed by atoms with Gasteiger partial charge in [-0.15, -0.1) is 4.15 Å². The van der Waals surface area contributed by atoms with E-state index in [-0.39, 0.29) is 0 Å². The van der Waals surface area contributed by atoms with E-state index in [0.717, 1.165) is 6.66 Å². The SMILES string of the molecule is CP(Cl)(Cl)=NS(=O)(=O)C(F)(F)F. The Morgan fingerprint density at radius 2 is 1.67 bits per heavy atom. The summed E-state index contributed by atoms with van der Waals surface area (Å²) in [5.41, 5.74) is -5.43. The van der Waals surface area contributed by atoms with Gasteiger partial charge in [0.05, 0.1) is 0 Å². The molecule has 0 radical (unpaired) electrons. The molecule has 0 heterocycles. The molecule has 0 atom stereocenters. The first-order chi connectivity index (χ1) is 4.96. The maximum Gasteiger partial charge on any atom is 0.518 e. The molecule has 0 bridgehead atoms. The summed E-state index contributed by atoms with van der Waals surface area (Å²) in [7, 11) is -5.54. The molecule has 0 rings (SSSR count). The van der Waals surface area contributed by atoms with Crippen LogP contribution in [0.2, 0.25) is 0 Å². The second kappa shape index (κ2) is 3.36. The monoisotopic (exact) mass is 263 g/mol. The normalized spacial score (nSPS) is 14.5. The van der Waals surface area contributed by atoms with Crippen molar-refractivity contribution in [1.29, 1.82) is 0 Å². The van der Waals surface area contributed by atoms with Crippen molar-refractivity contribution >= 4 is 38.3 Å². The maximum absolute atomic E-state index is 11.6. The predicted molar refractivity (Wildman–Crippen MR) is 42.0 cm³/mol. The second-order valence-electron chi connectivity index (χ2n) is 1.76. The number of nitrogens with zero attached hydrogens (tertiary/aromatic N) is 1. The molecular formula is C2H3Cl2F3NO2PS. The quantitative estimate of drug-likeness (QED) is 0.683. The molecule has 0 aromatic rings. The summed E-state index contributed by atoms with van der Waals surface area (Å²) in [6.07, 6.45) is 0. The molecule has 0 unspecified atom stereocenters. The number of halogens is 5. The van der Waals surface area contributed by atoms with E-state index < -0.39 is 21.3 Å². The van der Waals surface area contributed by atoms with E-state index in [0.29, 0.717) is 0 Å². The van der Waals surface area contributed by atoms with Crippen LogP contribution in [0.5, 0.6) is 0 Å². The Balaban J connectivity index is 5.23. The van der Waals surface area contributed by atoms with Crippen LogP contribution in [0, 0.1) is 0 Å². The van der Waals surface area contributed by atoms with E-state index in [1.54, 1.807) is 0 Å². The first-order valence-corrected chi connectivity index (χ1v) is 7.71. The summed E-state index contributed by atoms with van der Waals surface area (Å²) in [6.45, 7) is 0.916. The molecule has 0 N–H and O–H groups in total. The van der Waals surface area contributed by atoms with Gasteiger partial charge in [-0.2, -0.15) is 21.6 Å². The van der Waals surface area contributed by atoms with Gasteiger partial charge in [-0.25, -0.2) is 0 Å². The van der Waals surface area contributed by atoms with E-state index in [9.17, 15) is 21.6 Å². The van der Waals surface area contributed by atoms with Gasteiger partial charge in [0.1, 0.15) is 0 Å². The van der Waals surface area contributed by atoms with Crippen molar-refractivity contribution in [2.45, 2.75) is 5.51 Å². The molecule has 3 nitrogen and oxygen atoms in total. The third kappa shape index (κ3) is 3.98. The van der Waals surface area contributed by atoms with Gasteiger partial charge in [-0.05, 0) is 6.66 Å². The molecule has 0 amide bonds. The summed E-state index contributed by atoms with van der Waals surface area (Å²) >= 11 is 10.1. The Morgan fingerprint density at radius 3 is 1.75 bits per heavy atom. The Hall–Kier alpha value is 0.550.